The van der Waals surface area contributed by atoms with Crippen LogP contribution in [0.15, 0.2) is 39.8 Å². The number of nitro benzene ring substituents is 1. The van der Waals surface area contributed by atoms with E-state index in [1.54, 1.807) is 13.0 Å². The van der Waals surface area contributed by atoms with Crippen LogP contribution in [0.5, 0.6) is 0 Å². The molecule has 1 heterocycles. The van der Waals surface area contributed by atoms with E-state index in [-0.39, 0.29) is 16.8 Å². The summed E-state index contributed by atoms with van der Waals surface area (Å²) in [5.41, 5.74) is 4.75. The van der Waals surface area contributed by atoms with E-state index in [9.17, 15) is 19.7 Å². The zero-order valence-corrected chi connectivity index (χ0v) is 16.1. The third-order valence-electron chi connectivity index (χ3n) is 3.76. The number of nitrogens with zero attached hydrogens (tertiary/aromatic N) is 1. The molecule has 0 saturated carbocycles. The number of amides is 2. The first-order chi connectivity index (χ1) is 12.8. The standard InChI is InChI=1S/C18H21N3O5S/c1-11(2)7-9-27-16-5-4-13(10-15(16)21(24)25)17(22)19-20-18(23)14-6-8-26-12(14)3/h4-6,8,10-11H,7,9H2,1-3H3,(H,19,22)(H,20,23). The third-order valence-corrected chi connectivity index (χ3v) is 4.86. The second kappa shape index (κ2) is 9.22. The van der Waals surface area contributed by atoms with Crippen LogP contribution < -0.4 is 10.9 Å². The van der Waals surface area contributed by atoms with Crippen molar-refractivity contribution in [2.24, 2.45) is 5.92 Å². The van der Waals surface area contributed by atoms with Gasteiger partial charge in [0, 0.05) is 11.6 Å². The molecule has 1 aromatic carbocycles. The quantitative estimate of drug-likeness (QED) is 0.422. The normalized spacial score (nSPS) is 10.7. The van der Waals surface area contributed by atoms with Gasteiger partial charge in [0.25, 0.3) is 17.5 Å². The van der Waals surface area contributed by atoms with Gasteiger partial charge in [-0.25, -0.2) is 0 Å². The van der Waals surface area contributed by atoms with E-state index in [0.29, 0.717) is 16.6 Å². The van der Waals surface area contributed by atoms with Crippen molar-refractivity contribution >= 4 is 29.3 Å². The molecule has 0 saturated heterocycles. The number of hydrazine groups is 1. The molecule has 2 amide bonds. The number of nitro groups is 1. The Morgan fingerprint density at radius 3 is 2.52 bits per heavy atom. The summed E-state index contributed by atoms with van der Waals surface area (Å²) in [4.78, 5) is 35.5. The van der Waals surface area contributed by atoms with Crippen molar-refractivity contribution in [2.45, 2.75) is 32.1 Å². The highest BCUT2D eigenvalue weighted by molar-refractivity contribution is 7.99. The Morgan fingerprint density at radius 1 is 1.22 bits per heavy atom. The van der Waals surface area contributed by atoms with Gasteiger partial charge in [0.2, 0.25) is 0 Å². The lowest BCUT2D eigenvalue weighted by Gasteiger charge is -2.09. The predicted octanol–water partition coefficient (Wildman–Crippen LogP) is 3.71. The Bertz CT molecular complexity index is 847. The van der Waals surface area contributed by atoms with Crippen LogP contribution in [0.2, 0.25) is 0 Å². The maximum atomic E-state index is 12.2. The molecule has 9 heteroatoms. The van der Waals surface area contributed by atoms with Crippen LogP contribution in [0.3, 0.4) is 0 Å². The van der Waals surface area contributed by atoms with E-state index < -0.39 is 16.7 Å². The molecule has 1 aromatic heterocycles. The van der Waals surface area contributed by atoms with Gasteiger partial charge in [0.05, 0.1) is 21.6 Å². The molecule has 0 atom stereocenters. The maximum Gasteiger partial charge on any atom is 0.283 e. The molecule has 27 heavy (non-hydrogen) atoms. The second-order valence-electron chi connectivity index (χ2n) is 6.27. The molecular formula is C18H21N3O5S. The first kappa shape index (κ1) is 20.5. The lowest BCUT2D eigenvalue weighted by molar-refractivity contribution is -0.387. The van der Waals surface area contributed by atoms with Crippen LogP contribution in [0.25, 0.3) is 0 Å². The largest absolute Gasteiger partial charge is 0.469 e. The Balaban J connectivity index is 2.05. The molecule has 0 radical (unpaired) electrons. The van der Waals surface area contributed by atoms with Gasteiger partial charge in [0.15, 0.2) is 0 Å². The SMILES string of the molecule is Cc1occc1C(=O)NNC(=O)c1ccc(SCCC(C)C)c([N+](=O)[O-])c1. The minimum Gasteiger partial charge on any atom is -0.469 e. The smallest absolute Gasteiger partial charge is 0.283 e. The number of aryl methyl sites for hydroxylation is 1. The summed E-state index contributed by atoms with van der Waals surface area (Å²) in [6.45, 7) is 5.79. The van der Waals surface area contributed by atoms with E-state index in [1.807, 2.05) is 0 Å². The van der Waals surface area contributed by atoms with E-state index in [1.165, 1.54) is 36.2 Å². The Morgan fingerprint density at radius 2 is 1.93 bits per heavy atom. The van der Waals surface area contributed by atoms with Crippen LogP contribution in [0.1, 0.15) is 46.7 Å². The number of rotatable bonds is 7. The maximum absolute atomic E-state index is 12.2. The molecule has 0 unspecified atom stereocenters. The number of hydrogen-bond donors (Lipinski definition) is 2. The molecule has 0 aliphatic carbocycles. The highest BCUT2D eigenvalue weighted by Gasteiger charge is 2.19. The van der Waals surface area contributed by atoms with Crippen LogP contribution in [0.4, 0.5) is 5.69 Å². The molecule has 2 aromatic rings. The number of carbonyl (C=O) groups is 2. The Labute approximate surface area is 160 Å². The molecule has 0 aliphatic rings. The number of thioether (sulfide) groups is 1. The van der Waals surface area contributed by atoms with Gasteiger partial charge >= 0.3 is 0 Å². The van der Waals surface area contributed by atoms with Crippen molar-refractivity contribution in [1.29, 1.82) is 0 Å². The van der Waals surface area contributed by atoms with Crippen LogP contribution >= 0.6 is 11.8 Å². The fourth-order valence-corrected chi connectivity index (χ4v) is 3.46. The van der Waals surface area contributed by atoms with Gasteiger partial charge in [0.1, 0.15) is 5.76 Å². The van der Waals surface area contributed by atoms with E-state index in [4.69, 9.17) is 4.42 Å². The summed E-state index contributed by atoms with van der Waals surface area (Å²) in [6, 6.07) is 5.74. The average molecular weight is 391 g/mol. The molecule has 8 nitrogen and oxygen atoms in total. The van der Waals surface area contributed by atoms with E-state index in [2.05, 4.69) is 24.7 Å². The number of benzene rings is 1. The Hall–Kier alpha value is -2.81. The molecule has 2 rings (SSSR count). The molecular weight excluding hydrogens is 370 g/mol. The average Bonchev–Trinajstić information content (AvgIpc) is 3.05. The van der Waals surface area contributed by atoms with Crippen molar-refractivity contribution in [2.75, 3.05) is 5.75 Å². The summed E-state index contributed by atoms with van der Waals surface area (Å²) < 4.78 is 5.03. The minimum absolute atomic E-state index is 0.0825. The summed E-state index contributed by atoms with van der Waals surface area (Å²) >= 11 is 1.39. The monoisotopic (exact) mass is 391 g/mol. The van der Waals surface area contributed by atoms with Gasteiger partial charge in [-0.3, -0.25) is 30.6 Å². The molecule has 2 N–H and O–H groups in total. The van der Waals surface area contributed by atoms with Crippen molar-refractivity contribution < 1.29 is 18.9 Å². The first-order valence-electron chi connectivity index (χ1n) is 8.35. The molecule has 0 bridgehead atoms. The van der Waals surface area contributed by atoms with Gasteiger partial charge in [-0.1, -0.05) is 13.8 Å². The van der Waals surface area contributed by atoms with Gasteiger partial charge in [-0.05, 0) is 43.2 Å². The highest BCUT2D eigenvalue weighted by Crippen LogP contribution is 2.31. The third kappa shape index (κ3) is 5.58. The van der Waals surface area contributed by atoms with Gasteiger partial charge in [-0.2, -0.15) is 0 Å². The Kier molecular flexibility index (Phi) is 7.00. The molecule has 0 spiro atoms. The summed E-state index contributed by atoms with van der Waals surface area (Å²) in [7, 11) is 0. The second-order valence-corrected chi connectivity index (χ2v) is 7.41. The molecule has 144 valence electrons. The minimum atomic E-state index is -0.647. The number of furan rings is 1. The zero-order chi connectivity index (χ0) is 20.0. The van der Waals surface area contributed by atoms with Gasteiger partial charge < -0.3 is 4.42 Å². The predicted molar refractivity (Wildman–Crippen MR) is 102 cm³/mol. The fraction of sp³-hybridized carbons (Fsp3) is 0.333. The van der Waals surface area contributed by atoms with E-state index >= 15 is 0 Å². The van der Waals surface area contributed by atoms with Crippen LogP contribution in [0, 0.1) is 23.0 Å². The van der Waals surface area contributed by atoms with Crippen molar-refractivity contribution in [3.05, 3.63) is 57.5 Å². The molecule has 0 fully saturated rings. The topological polar surface area (TPSA) is 114 Å². The number of nitrogens with one attached hydrogen (secondary N) is 2. The summed E-state index contributed by atoms with van der Waals surface area (Å²) in [5.74, 6) is 0.491. The van der Waals surface area contributed by atoms with Crippen LogP contribution in [-0.2, 0) is 0 Å². The summed E-state index contributed by atoms with van der Waals surface area (Å²) in [6.07, 6.45) is 2.30. The fourth-order valence-electron chi connectivity index (χ4n) is 2.20. The summed E-state index contributed by atoms with van der Waals surface area (Å²) in [5, 5.41) is 11.3. The zero-order valence-electron chi connectivity index (χ0n) is 15.3. The highest BCUT2D eigenvalue weighted by atomic mass is 32.2. The lowest BCUT2D eigenvalue weighted by Crippen LogP contribution is -2.41. The lowest BCUT2D eigenvalue weighted by atomic mass is 10.2. The van der Waals surface area contributed by atoms with Crippen LogP contribution in [-0.4, -0.2) is 22.5 Å². The molecule has 0 aliphatic heterocycles. The first-order valence-corrected chi connectivity index (χ1v) is 9.34. The van der Waals surface area contributed by atoms with Crippen molar-refractivity contribution in [3.8, 4) is 0 Å². The number of hydrogen-bond acceptors (Lipinski definition) is 6. The van der Waals surface area contributed by atoms with Crippen molar-refractivity contribution in [1.82, 2.24) is 10.9 Å². The number of carbonyl (C=O) groups excluding carboxylic acids is 2. The van der Waals surface area contributed by atoms with Crippen molar-refractivity contribution in [3.63, 3.8) is 0 Å². The van der Waals surface area contributed by atoms with E-state index in [0.717, 1.165) is 12.2 Å². The van der Waals surface area contributed by atoms with Gasteiger partial charge in [-0.15, -0.1) is 11.8 Å².